The molecule has 17 heavy (non-hydrogen) atoms. The Kier molecular flexibility index (Phi) is 3.28. The lowest BCUT2D eigenvalue weighted by atomic mass is 10.2. The normalized spacial score (nSPS) is 10.7. The first-order valence-corrected chi connectivity index (χ1v) is 5.81. The Hall–Kier alpha value is -1.63. The van der Waals surface area contributed by atoms with Gasteiger partial charge in [0.2, 0.25) is 0 Å². The van der Waals surface area contributed by atoms with Crippen LogP contribution in [0.2, 0.25) is 0 Å². The number of nitrogens with zero attached hydrogens (tertiary/aromatic N) is 3. The molecule has 0 spiro atoms. The summed E-state index contributed by atoms with van der Waals surface area (Å²) in [6.07, 6.45) is 0.552. The maximum Gasteiger partial charge on any atom is 0.358 e. The molecular weight excluding hydrogens is 290 g/mol. The van der Waals surface area contributed by atoms with Crippen molar-refractivity contribution in [3.8, 4) is 0 Å². The smallest absolute Gasteiger partial charge is 0.358 e. The quantitative estimate of drug-likeness (QED) is 0.933. The van der Waals surface area contributed by atoms with Crippen LogP contribution in [0.3, 0.4) is 0 Å². The van der Waals surface area contributed by atoms with E-state index in [0.29, 0.717) is 29.1 Å². The van der Waals surface area contributed by atoms with Gasteiger partial charge in [-0.3, -0.25) is 0 Å². The van der Waals surface area contributed by atoms with Gasteiger partial charge >= 0.3 is 5.97 Å². The van der Waals surface area contributed by atoms with Crippen LogP contribution in [0.15, 0.2) is 21.2 Å². The molecule has 2 aromatic heterocycles. The van der Waals surface area contributed by atoms with E-state index in [1.54, 1.807) is 12.1 Å². The molecule has 0 bridgehead atoms. The van der Waals surface area contributed by atoms with Crippen molar-refractivity contribution in [2.45, 2.75) is 19.9 Å². The van der Waals surface area contributed by atoms with Crippen molar-refractivity contribution >= 4 is 21.9 Å². The Morgan fingerprint density at radius 2 is 2.35 bits per heavy atom. The molecule has 2 rings (SSSR count). The fraction of sp³-hybridized carbons (Fsp3) is 0.300. The van der Waals surface area contributed by atoms with Gasteiger partial charge in [-0.25, -0.2) is 9.48 Å². The first kappa shape index (κ1) is 11.8. The molecule has 0 atom stereocenters. The second-order valence-electron chi connectivity index (χ2n) is 3.41. The van der Waals surface area contributed by atoms with Gasteiger partial charge in [0, 0.05) is 0 Å². The predicted molar refractivity (Wildman–Crippen MR) is 61.9 cm³/mol. The molecule has 0 unspecified atom stereocenters. The Morgan fingerprint density at radius 3 is 2.88 bits per heavy atom. The molecule has 90 valence electrons. The first-order valence-electron chi connectivity index (χ1n) is 5.01. The van der Waals surface area contributed by atoms with Crippen LogP contribution in [0, 0.1) is 0 Å². The van der Waals surface area contributed by atoms with E-state index < -0.39 is 5.97 Å². The minimum atomic E-state index is -1.06. The van der Waals surface area contributed by atoms with Crippen LogP contribution in [0.1, 0.15) is 28.9 Å². The Balaban J connectivity index is 2.30. The molecule has 2 heterocycles. The van der Waals surface area contributed by atoms with Crippen LogP contribution in [-0.2, 0) is 13.0 Å². The molecule has 0 aliphatic heterocycles. The summed E-state index contributed by atoms with van der Waals surface area (Å²) in [6.45, 7) is 2.23. The van der Waals surface area contributed by atoms with Gasteiger partial charge in [-0.15, -0.1) is 5.10 Å². The molecule has 0 fully saturated rings. The average molecular weight is 300 g/mol. The fourth-order valence-electron chi connectivity index (χ4n) is 1.56. The van der Waals surface area contributed by atoms with Crippen LogP contribution in [-0.4, -0.2) is 26.1 Å². The number of aromatic carboxylic acids is 1. The van der Waals surface area contributed by atoms with E-state index in [4.69, 9.17) is 9.52 Å². The molecule has 0 aromatic carbocycles. The summed E-state index contributed by atoms with van der Waals surface area (Å²) in [4.78, 5) is 10.9. The number of halogens is 1. The molecular formula is C10H10BrN3O3. The molecule has 0 saturated carbocycles. The van der Waals surface area contributed by atoms with E-state index in [-0.39, 0.29) is 5.69 Å². The lowest BCUT2D eigenvalue weighted by Gasteiger charge is -2.02. The van der Waals surface area contributed by atoms with Gasteiger partial charge in [-0.05, 0) is 34.5 Å². The molecule has 1 N–H and O–H groups in total. The van der Waals surface area contributed by atoms with Crippen molar-refractivity contribution in [3.05, 3.63) is 34.0 Å². The maximum absolute atomic E-state index is 10.9. The SMILES string of the molecule is CCc1c(C(=O)O)nnn1Cc1ccc(Br)o1. The van der Waals surface area contributed by atoms with E-state index in [9.17, 15) is 4.79 Å². The highest BCUT2D eigenvalue weighted by atomic mass is 79.9. The van der Waals surface area contributed by atoms with Gasteiger partial charge in [0.15, 0.2) is 10.4 Å². The summed E-state index contributed by atoms with van der Waals surface area (Å²) in [5.41, 5.74) is 0.586. The number of hydrogen-bond acceptors (Lipinski definition) is 4. The molecule has 0 radical (unpaired) electrons. The molecule has 0 aliphatic rings. The lowest BCUT2D eigenvalue weighted by Crippen LogP contribution is -2.08. The van der Waals surface area contributed by atoms with Crippen LogP contribution >= 0.6 is 15.9 Å². The fourth-order valence-corrected chi connectivity index (χ4v) is 1.90. The van der Waals surface area contributed by atoms with Gasteiger partial charge in [-0.1, -0.05) is 12.1 Å². The summed E-state index contributed by atoms with van der Waals surface area (Å²) in [7, 11) is 0. The Labute approximate surface area is 105 Å². The van der Waals surface area contributed by atoms with E-state index in [1.807, 2.05) is 6.92 Å². The maximum atomic E-state index is 10.9. The summed E-state index contributed by atoms with van der Waals surface area (Å²) in [5, 5.41) is 16.4. The minimum absolute atomic E-state index is 0.00174. The number of carboxylic acids is 1. The van der Waals surface area contributed by atoms with Gasteiger partial charge in [0.25, 0.3) is 0 Å². The standard InChI is InChI=1S/C10H10BrN3O3/c1-2-7-9(10(15)16)12-13-14(7)5-6-3-4-8(11)17-6/h3-4H,2,5H2,1H3,(H,15,16). The van der Waals surface area contributed by atoms with Crippen molar-refractivity contribution in [1.29, 1.82) is 0 Å². The predicted octanol–water partition coefficient (Wildman–Crippen LogP) is 1.94. The highest BCUT2D eigenvalue weighted by Gasteiger charge is 2.17. The van der Waals surface area contributed by atoms with Gasteiger partial charge in [0.05, 0.1) is 5.69 Å². The first-order chi connectivity index (χ1) is 8.11. The molecule has 0 saturated heterocycles. The van der Waals surface area contributed by atoms with Crippen LogP contribution in [0.4, 0.5) is 0 Å². The third-order valence-electron chi connectivity index (χ3n) is 2.31. The number of aromatic nitrogens is 3. The van der Waals surface area contributed by atoms with Crippen molar-refractivity contribution in [2.24, 2.45) is 0 Å². The lowest BCUT2D eigenvalue weighted by molar-refractivity contribution is 0.0689. The van der Waals surface area contributed by atoms with Crippen LogP contribution in [0.25, 0.3) is 0 Å². The Morgan fingerprint density at radius 1 is 1.59 bits per heavy atom. The van der Waals surface area contributed by atoms with E-state index in [2.05, 4.69) is 26.2 Å². The third kappa shape index (κ3) is 2.38. The summed E-state index contributed by atoms with van der Waals surface area (Å²) in [6, 6.07) is 3.57. The van der Waals surface area contributed by atoms with Crippen molar-refractivity contribution in [3.63, 3.8) is 0 Å². The molecule has 2 aromatic rings. The van der Waals surface area contributed by atoms with Crippen LogP contribution < -0.4 is 0 Å². The van der Waals surface area contributed by atoms with Crippen molar-refractivity contribution < 1.29 is 14.3 Å². The van der Waals surface area contributed by atoms with Gasteiger partial charge in [0.1, 0.15) is 12.3 Å². The summed E-state index contributed by atoms with van der Waals surface area (Å²) in [5.74, 6) is -0.373. The number of hydrogen-bond donors (Lipinski definition) is 1. The zero-order valence-corrected chi connectivity index (χ0v) is 10.6. The van der Waals surface area contributed by atoms with Gasteiger partial charge < -0.3 is 9.52 Å². The molecule has 7 heteroatoms. The monoisotopic (exact) mass is 299 g/mol. The van der Waals surface area contributed by atoms with Gasteiger partial charge in [-0.2, -0.15) is 0 Å². The minimum Gasteiger partial charge on any atom is -0.476 e. The van der Waals surface area contributed by atoms with E-state index >= 15 is 0 Å². The zero-order chi connectivity index (χ0) is 12.4. The highest BCUT2D eigenvalue weighted by Crippen LogP contribution is 2.16. The number of furan rings is 1. The second-order valence-corrected chi connectivity index (χ2v) is 4.19. The second kappa shape index (κ2) is 4.70. The zero-order valence-electron chi connectivity index (χ0n) is 9.05. The third-order valence-corrected chi connectivity index (χ3v) is 2.74. The largest absolute Gasteiger partial charge is 0.476 e. The van der Waals surface area contributed by atoms with E-state index in [1.165, 1.54) is 4.68 Å². The number of rotatable bonds is 4. The van der Waals surface area contributed by atoms with Crippen molar-refractivity contribution in [1.82, 2.24) is 15.0 Å². The summed E-state index contributed by atoms with van der Waals surface area (Å²) >= 11 is 3.20. The van der Waals surface area contributed by atoms with Crippen molar-refractivity contribution in [2.75, 3.05) is 0 Å². The molecule has 6 nitrogen and oxygen atoms in total. The summed E-state index contributed by atoms with van der Waals surface area (Å²) < 4.78 is 7.50. The number of carbonyl (C=O) groups is 1. The highest BCUT2D eigenvalue weighted by molar-refractivity contribution is 9.10. The Bertz CT molecular complexity index is 547. The average Bonchev–Trinajstić information content (AvgIpc) is 2.85. The molecule has 0 aliphatic carbocycles. The number of carboxylic acid groups (broad SMARTS) is 1. The topological polar surface area (TPSA) is 81.1 Å². The van der Waals surface area contributed by atoms with Crippen LogP contribution in [0.5, 0.6) is 0 Å². The van der Waals surface area contributed by atoms with E-state index in [0.717, 1.165) is 0 Å². The molecule has 0 amide bonds.